The molecular weight excluding hydrogens is 440 g/mol. The fourth-order valence-corrected chi connectivity index (χ4v) is 3.90. The standard InChI is InChI=1S/C26H21ClN2O4/c1-2-13-33-21-7-3-6-19(14-21)23-22(24(30)18-8-10-20(27)11-9-18)25(31)26(32)29(23)16-17-5-4-12-28-15-17/h2-12,14-15,23,30H,1,13,16H2/b24-22+/t23-/m0/s1. The van der Waals surface area contributed by atoms with Crippen molar-refractivity contribution in [2.45, 2.75) is 12.6 Å². The highest BCUT2D eigenvalue weighted by Gasteiger charge is 2.46. The summed E-state index contributed by atoms with van der Waals surface area (Å²) in [5.74, 6) is -1.16. The minimum atomic E-state index is -0.812. The van der Waals surface area contributed by atoms with E-state index in [1.807, 2.05) is 6.07 Å². The lowest BCUT2D eigenvalue weighted by molar-refractivity contribution is -0.140. The lowest BCUT2D eigenvalue weighted by Gasteiger charge is -2.25. The number of ether oxygens (including phenoxy) is 1. The largest absolute Gasteiger partial charge is 0.507 e. The Balaban J connectivity index is 1.84. The fourth-order valence-electron chi connectivity index (χ4n) is 3.77. The number of halogens is 1. The monoisotopic (exact) mass is 460 g/mol. The number of carbonyl (C=O) groups excluding carboxylic acids is 2. The number of aliphatic hydroxyl groups excluding tert-OH is 1. The highest BCUT2D eigenvalue weighted by atomic mass is 35.5. The number of Topliss-reactive ketones (excluding diaryl/α,β-unsaturated/α-hetero) is 1. The number of hydrogen-bond acceptors (Lipinski definition) is 5. The maximum Gasteiger partial charge on any atom is 0.295 e. The third-order valence-electron chi connectivity index (χ3n) is 5.28. The molecule has 4 rings (SSSR count). The van der Waals surface area contributed by atoms with Gasteiger partial charge in [0, 0.05) is 29.5 Å². The van der Waals surface area contributed by atoms with Crippen molar-refractivity contribution in [2.75, 3.05) is 6.61 Å². The van der Waals surface area contributed by atoms with Gasteiger partial charge in [-0.2, -0.15) is 0 Å². The molecule has 1 N–H and O–H groups in total. The zero-order valence-corrected chi connectivity index (χ0v) is 18.4. The van der Waals surface area contributed by atoms with Gasteiger partial charge in [-0.15, -0.1) is 0 Å². The highest BCUT2D eigenvalue weighted by Crippen LogP contribution is 2.41. The van der Waals surface area contributed by atoms with Crippen molar-refractivity contribution in [1.82, 2.24) is 9.88 Å². The average Bonchev–Trinajstić information content (AvgIpc) is 3.08. The van der Waals surface area contributed by atoms with Gasteiger partial charge in [-0.3, -0.25) is 14.6 Å². The summed E-state index contributed by atoms with van der Waals surface area (Å²) in [6.07, 6.45) is 4.90. The van der Waals surface area contributed by atoms with Crippen molar-refractivity contribution in [3.63, 3.8) is 0 Å². The first-order chi connectivity index (χ1) is 16.0. The molecule has 0 aliphatic carbocycles. The molecule has 1 aliphatic rings. The average molecular weight is 461 g/mol. The van der Waals surface area contributed by atoms with Crippen LogP contribution < -0.4 is 4.74 Å². The van der Waals surface area contributed by atoms with Crippen molar-refractivity contribution < 1.29 is 19.4 Å². The van der Waals surface area contributed by atoms with Crippen LogP contribution in [0.4, 0.5) is 0 Å². The van der Waals surface area contributed by atoms with E-state index in [0.717, 1.165) is 5.56 Å². The Morgan fingerprint density at radius 3 is 2.64 bits per heavy atom. The van der Waals surface area contributed by atoms with E-state index < -0.39 is 17.7 Å². The van der Waals surface area contributed by atoms with Crippen LogP contribution in [-0.2, 0) is 16.1 Å². The van der Waals surface area contributed by atoms with Crippen LogP contribution in [0.1, 0.15) is 22.7 Å². The lowest BCUT2D eigenvalue weighted by atomic mass is 9.95. The molecular formula is C26H21ClN2O4. The van der Waals surface area contributed by atoms with E-state index in [1.54, 1.807) is 73.1 Å². The summed E-state index contributed by atoms with van der Waals surface area (Å²) in [5, 5.41) is 11.6. The van der Waals surface area contributed by atoms with Crippen molar-refractivity contribution in [3.05, 3.63) is 113 Å². The van der Waals surface area contributed by atoms with Crippen molar-refractivity contribution in [1.29, 1.82) is 0 Å². The van der Waals surface area contributed by atoms with Gasteiger partial charge in [0.2, 0.25) is 0 Å². The summed E-state index contributed by atoms with van der Waals surface area (Å²) in [4.78, 5) is 31.8. The topological polar surface area (TPSA) is 79.7 Å². The predicted molar refractivity (Wildman–Crippen MR) is 126 cm³/mol. The Hall–Kier alpha value is -3.90. The summed E-state index contributed by atoms with van der Waals surface area (Å²) in [6.45, 7) is 4.11. The lowest BCUT2D eigenvalue weighted by Crippen LogP contribution is -2.29. The highest BCUT2D eigenvalue weighted by molar-refractivity contribution is 6.46. The number of aromatic nitrogens is 1. The Morgan fingerprint density at radius 2 is 1.94 bits per heavy atom. The number of likely N-dealkylation sites (tertiary alicyclic amines) is 1. The maximum atomic E-state index is 13.1. The van der Waals surface area contributed by atoms with Gasteiger partial charge in [-0.1, -0.05) is 42.5 Å². The van der Waals surface area contributed by atoms with Crippen LogP contribution in [0.2, 0.25) is 5.02 Å². The van der Waals surface area contributed by atoms with Gasteiger partial charge in [0.25, 0.3) is 11.7 Å². The molecule has 0 bridgehead atoms. The molecule has 1 saturated heterocycles. The first kappa shape index (κ1) is 22.3. The third-order valence-corrected chi connectivity index (χ3v) is 5.53. The number of rotatable bonds is 7. The van der Waals surface area contributed by atoms with Gasteiger partial charge in [0.1, 0.15) is 18.1 Å². The second-order valence-corrected chi connectivity index (χ2v) is 7.90. The molecule has 1 aliphatic heterocycles. The van der Waals surface area contributed by atoms with Gasteiger partial charge in [0.05, 0.1) is 11.6 Å². The van der Waals surface area contributed by atoms with Crippen LogP contribution in [0.25, 0.3) is 5.76 Å². The van der Waals surface area contributed by atoms with E-state index in [4.69, 9.17) is 16.3 Å². The first-order valence-corrected chi connectivity index (χ1v) is 10.6. The van der Waals surface area contributed by atoms with Crippen LogP contribution in [0.5, 0.6) is 5.75 Å². The fraction of sp³-hybridized carbons (Fsp3) is 0.115. The van der Waals surface area contributed by atoms with Crippen LogP contribution in [0.15, 0.2) is 91.3 Å². The van der Waals surface area contributed by atoms with Gasteiger partial charge in [-0.05, 0) is 53.6 Å². The number of ketones is 1. The molecule has 7 heteroatoms. The molecule has 0 saturated carbocycles. The van der Waals surface area contributed by atoms with Crippen LogP contribution in [-0.4, -0.2) is 33.3 Å². The maximum absolute atomic E-state index is 13.1. The Morgan fingerprint density at radius 1 is 1.15 bits per heavy atom. The molecule has 0 spiro atoms. The van der Waals surface area contributed by atoms with Crippen molar-refractivity contribution in [3.8, 4) is 5.75 Å². The second-order valence-electron chi connectivity index (χ2n) is 7.47. The minimum Gasteiger partial charge on any atom is -0.507 e. The molecule has 1 aromatic heterocycles. The van der Waals surface area contributed by atoms with Gasteiger partial charge in [0.15, 0.2) is 0 Å². The van der Waals surface area contributed by atoms with E-state index in [1.165, 1.54) is 4.90 Å². The number of benzene rings is 2. The van der Waals surface area contributed by atoms with Gasteiger partial charge < -0.3 is 14.7 Å². The Labute approximate surface area is 196 Å². The molecule has 0 radical (unpaired) electrons. The molecule has 1 atom stereocenters. The summed E-state index contributed by atoms with van der Waals surface area (Å²) in [7, 11) is 0. The summed E-state index contributed by atoms with van der Waals surface area (Å²) < 4.78 is 5.65. The molecule has 1 amide bonds. The Kier molecular flexibility index (Phi) is 6.56. The molecule has 0 unspecified atom stereocenters. The van der Waals surface area contributed by atoms with E-state index in [-0.39, 0.29) is 17.9 Å². The molecule has 166 valence electrons. The van der Waals surface area contributed by atoms with Crippen LogP contribution in [0.3, 0.4) is 0 Å². The normalized spacial score (nSPS) is 17.2. The SMILES string of the molecule is C=CCOc1cccc([C@H]2/C(=C(\O)c3ccc(Cl)cc3)C(=O)C(=O)N2Cc2cccnc2)c1. The molecule has 33 heavy (non-hydrogen) atoms. The summed E-state index contributed by atoms with van der Waals surface area (Å²) >= 11 is 5.97. The van der Waals surface area contributed by atoms with Crippen molar-refractivity contribution >= 4 is 29.1 Å². The zero-order valence-electron chi connectivity index (χ0n) is 17.6. The number of carbonyl (C=O) groups is 2. The minimum absolute atomic E-state index is 0.00656. The van der Waals surface area contributed by atoms with E-state index in [9.17, 15) is 14.7 Å². The third kappa shape index (κ3) is 4.66. The Bertz CT molecular complexity index is 1220. The molecule has 1 fully saturated rings. The van der Waals surface area contributed by atoms with Crippen LogP contribution in [0, 0.1) is 0 Å². The number of hydrogen-bond donors (Lipinski definition) is 1. The zero-order chi connectivity index (χ0) is 23.4. The molecule has 3 aromatic rings. The molecule has 6 nitrogen and oxygen atoms in total. The quantitative estimate of drug-likeness (QED) is 0.234. The number of amides is 1. The van der Waals surface area contributed by atoms with Crippen LogP contribution >= 0.6 is 11.6 Å². The summed E-state index contributed by atoms with van der Waals surface area (Å²) in [6, 6.07) is 16.3. The molecule has 2 heterocycles. The summed E-state index contributed by atoms with van der Waals surface area (Å²) in [5.41, 5.74) is 1.79. The molecule has 2 aromatic carbocycles. The van der Waals surface area contributed by atoms with E-state index in [2.05, 4.69) is 11.6 Å². The van der Waals surface area contributed by atoms with Crippen molar-refractivity contribution in [2.24, 2.45) is 0 Å². The van der Waals surface area contributed by atoms with E-state index >= 15 is 0 Å². The number of aliphatic hydroxyl groups is 1. The number of pyridine rings is 1. The first-order valence-electron chi connectivity index (χ1n) is 10.3. The van der Waals surface area contributed by atoms with E-state index in [0.29, 0.717) is 28.5 Å². The smallest absolute Gasteiger partial charge is 0.295 e. The predicted octanol–water partition coefficient (Wildman–Crippen LogP) is 4.92. The van der Waals surface area contributed by atoms with Gasteiger partial charge in [-0.25, -0.2) is 0 Å². The second kappa shape index (κ2) is 9.71. The number of nitrogens with zero attached hydrogens (tertiary/aromatic N) is 2. The van der Waals surface area contributed by atoms with Gasteiger partial charge >= 0.3 is 0 Å².